The fourth-order valence-corrected chi connectivity index (χ4v) is 1.69. The van der Waals surface area contributed by atoms with E-state index in [9.17, 15) is 14.4 Å². The molecule has 0 atom stereocenters. The van der Waals surface area contributed by atoms with E-state index < -0.39 is 11.6 Å². The minimum Gasteiger partial charge on any atom is -0.294 e. The Labute approximate surface area is 92.8 Å². The van der Waals surface area contributed by atoms with Gasteiger partial charge in [-0.1, -0.05) is 31.2 Å². The topological polar surface area (TPSA) is 51.2 Å². The van der Waals surface area contributed by atoms with Gasteiger partial charge in [0, 0.05) is 12.0 Å². The molecule has 0 bridgehead atoms. The molecule has 0 aromatic heterocycles. The van der Waals surface area contributed by atoms with E-state index in [0.717, 1.165) is 0 Å². The maximum Gasteiger partial charge on any atom is 0.237 e. The zero-order valence-corrected chi connectivity index (χ0v) is 8.82. The van der Waals surface area contributed by atoms with Crippen LogP contribution in [0.5, 0.6) is 0 Å². The van der Waals surface area contributed by atoms with Gasteiger partial charge >= 0.3 is 0 Å². The molecule has 2 rings (SSSR count). The molecule has 16 heavy (non-hydrogen) atoms. The summed E-state index contributed by atoms with van der Waals surface area (Å²) in [5.74, 6) is -1.56. The number of fused-ring (bicyclic) bond motifs is 1. The predicted molar refractivity (Wildman–Crippen MR) is 59.1 cm³/mol. The van der Waals surface area contributed by atoms with Gasteiger partial charge in [0.1, 0.15) is 0 Å². The van der Waals surface area contributed by atoms with Crippen LogP contribution < -0.4 is 0 Å². The molecular formula is C13H10O3. The molecule has 1 aromatic carbocycles. The van der Waals surface area contributed by atoms with Crippen LogP contribution in [0.15, 0.2) is 29.8 Å². The van der Waals surface area contributed by atoms with Crippen molar-refractivity contribution in [3.63, 3.8) is 0 Å². The largest absolute Gasteiger partial charge is 0.294 e. The molecule has 1 aromatic rings. The first-order valence-corrected chi connectivity index (χ1v) is 5.08. The standard InChI is InChI=1S/C13H10O3/c1-2-11(14)10-7-8-5-3-4-6-9(8)12(15)13(10)16/h3-7H,2H2,1H3. The molecular weight excluding hydrogens is 204 g/mol. The smallest absolute Gasteiger partial charge is 0.237 e. The Morgan fingerprint density at radius 3 is 2.50 bits per heavy atom. The van der Waals surface area contributed by atoms with E-state index in [0.29, 0.717) is 11.1 Å². The summed E-state index contributed by atoms with van der Waals surface area (Å²) in [6.45, 7) is 1.67. The summed E-state index contributed by atoms with van der Waals surface area (Å²) in [5, 5.41) is 0. The SMILES string of the molecule is CCC(=O)C1=Cc2ccccc2C(=O)C1=O. The van der Waals surface area contributed by atoms with Gasteiger partial charge in [-0.25, -0.2) is 0 Å². The summed E-state index contributed by atoms with van der Waals surface area (Å²) in [5.41, 5.74) is 1.02. The summed E-state index contributed by atoms with van der Waals surface area (Å²) in [6.07, 6.45) is 1.73. The molecule has 0 heterocycles. The quantitative estimate of drug-likeness (QED) is 0.557. The highest BCUT2D eigenvalue weighted by Gasteiger charge is 2.29. The van der Waals surface area contributed by atoms with Crippen molar-refractivity contribution in [1.82, 2.24) is 0 Å². The third kappa shape index (κ3) is 1.50. The predicted octanol–water partition coefficient (Wildman–Crippen LogP) is 1.81. The van der Waals surface area contributed by atoms with Crippen molar-refractivity contribution in [2.24, 2.45) is 0 Å². The van der Waals surface area contributed by atoms with E-state index >= 15 is 0 Å². The van der Waals surface area contributed by atoms with Crippen molar-refractivity contribution in [3.05, 3.63) is 41.0 Å². The third-order valence-electron chi connectivity index (χ3n) is 2.58. The number of Topliss-reactive ketones (excluding diaryl/α,β-unsaturated/α-hetero) is 3. The second-order valence-electron chi connectivity index (χ2n) is 3.58. The summed E-state index contributed by atoms with van der Waals surface area (Å²) < 4.78 is 0. The molecule has 0 aliphatic heterocycles. The van der Waals surface area contributed by atoms with Gasteiger partial charge in [0.05, 0.1) is 5.57 Å². The normalized spacial score (nSPS) is 14.4. The minimum atomic E-state index is -0.689. The first-order valence-electron chi connectivity index (χ1n) is 5.08. The molecule has 0 saturated carbocycles. The van der Waals surface area contributed by atoms with E-state index in [1.165, 1.54) is 6.08 Å². The van der Waals surface area contributed by atoms with Crippen LogP contribution in [0.4, 0.5) is 0 Å². The second-order valence-corrected chi connectivity index (χ2v) is 3.58. The number of carbonyl (C=O) groups is 3. The number of ketones is 3. The summed E-state index contributed by atoms with van der Waals surface area (Å²) in [4.78, 5) is 34.8. The van der Waals surface area contributed by atoms with Gasteiger partial charge in [-0.3, -0.25) is 14.4 Å². The van der Waals surface area contributed by atoms with Crippen LogP contribution in [-0.2, 0) is 9.59 Å². The lowest BCUT2D eigenvalue weighted by Gasteiger charge is -2.12. The van der Waals surface area contributed by atoms with Gasteiger partial charge in [-0.05, 0) is 11.6 Å². The van der Waals surface area contributed by atoms with E-state index in [-0.39, 0.29) is 17.8 Å². The molecule has 1 aliphatic carbocycles. The van der Waals surface area contributed by atoms with Gasteiger partial charge in [-0.15, -0.1) is 0 Å². The molecule has 0 spiro atoms. The molecule has 1 aliphatic rings. The number of benzene rings is 1. The average molecular weight is 214 g/mol. The number of hydrogen-bond donors (Lipinski definition) is 0. The highest BCUT2D eigenvalue weighted by Crippen LogP contribution is 2.22. The second kappa shape index (κ2) is 3.85. The van der Waals surface area contributed by atoms with Crippen molar-refractivity contribution >= 4 is 23.4 Å². The van der Waals surface area contributed by atoms with Crippen molar-refractivity contribution < 1.29 is 14.4 Å². The first kappa shape index (κ1) is 10.5. The average Bonchev–Trinajstić information content (AvgIpc) is 2.33. The summed E-state index contributed by atoms with van der Waals surface area (Å²) in [6, 6.07) is 6.79. The Bertz CT molecular complexity index is 524. The van der Waals surface area contributed by atoms with Crippen molar-refractivity contribution in [3.8, 4) is 0 Å². The first-order chi connectivity index (χ1) is 7.65. The zero-order chi connectivity index (χ0) is 11.7. The maximum atomic E-state index is 11.7. The van der Waals surface area contributed by atoms with Crippen molar-refractivity contribution in [2.45, 2.75) is 13.3 Å². The molecule has 0 radical (unpaired) electrons. The van der Waals surface area contributed by atoms with Gasteiger partial charge in [0.25, 0.3) is 0 Å². The van der Waals surface area contributed by atoms with E-state index in [1.54, 1.807) is 31.2 Å². The molecule has 80 valence electrons. The maximum absolute atomic E-state index is 11.7. The van der Waals surface area contributed by atoms with Crippen LogP contribution in [0.2, 0.25) is 0 Å². The van der Waals surface area contributed by atoms with E-state index in [1.807, 2.05) is 0 Å². The molecule has 0 fully saturated rings. The van der Waals surface area contributed by atoms with Crippen LogP contribution in [0.25, 0.3) is 6.08 Å². The fraction of sp³-hybridized carbons (Fsp3) is 0.154. The number of carbonyl (C=O) groups excluding carboxylic acids is 3. The van der Waals surface area contributed by atoms with Crippen molar-refractivity contribution in [1.29, 1.82) is 0 Å². The van der Waals surface area contributed by atoms with Crippen LogP contribution >= 0.6 is 0 Å². The zero-order valence-electron chi connectivity index (χ0n) is 8.82. The van der Waals surface area contributed by atoms with Gasteiger partial charge in [-0.2, -0.15) is 0 Å². The lowest BCUT2D eigenvalue weighted by atomic mass is 9.88. The molecule has 0 saturated heterocycles. The van der Waals surface area contributed by atoms with Crippen molar-refractivity contribution in [2.75, 3.05) is 0 Å². The molecule has 0 N–H and O–H groups in total. The molecule has 3 heteroatoms. The van der Waals surface area contributed by atoms with Crippen LogP contribution in [0, 0.1) is 0 Å². The number of hydrogen-bond acceptors (Lipinski definition) is 3. The Balaban J connectivity index is 2.60. The van der Waals surface area contributed by atoms with Gasteiger partial charge in [0.2, 0.25) is 11.6 Å². The third-order valence-corrected chi connectivity index (χ3v) is 2.58. The lowest BCUT2D eigenvalue weighted by Crippen LogP contribution is -2.25. The van der Waals surface area contributed by atoms with Gasteiger partial charge in [0.15, 0.2) is 5.78 Å². The Hall–Kier alpha value is -2.03. The monoisotopic (exact) mass is 214 g/mol. The number of rotatable bonds is 2. The van der Waals surface area contributed by atoms with Crippen LogP contribution in [-0.4, -0.2) is 17.3 Å². The fourth-order valence-electron chi connectivity index (χ4n) is 1.69. The Kier molecular flexibility index (Phi) is 2.52. The Morgan fingerprint density at radius 1 is 1.12 bits per heavy atom. The van der Waals surface area contributed by atoms with E-state index in [2.05, 4.69) is 0 Å². The van der Waals surface area contributed by atoms with Crippen LogP contribution in [0.3, 0.4) is 0 Å². The molecule has 0 unspecified atom stereocenters. The summed E-state index contributed by atoms with van der Waals surface area (Å²) >= 11 is 0. The number of allylic oxidation sites excluding steroid dienone is 1. The molecule has 3 nitrogen and oxygen atoms in total. The van der Waals surface area contributed by atoms with Crippen LogP contribution in [0.1, 0.15) is 29.3 Å². The highest BCUT2D eigenvalue weighted by atomic mass is 16.2. The molecule has 0 amide bonds. The lowest BCUT2D eigenvalue weighted by molar-refractivity contribution is -0.119. The Morgan fingerprint density at radius 2 is 1.81 bits per heavy atom. The highest BCUT2D eigenvalue weighted by molar-refractivity contribution is 6.56. The van der Waals surface area contributed by atoms with E-state index in [4.69, 9.17) is 0 Å². The minimum absolute atomic E-state index is 0.00574. The summed E-state index contributed by atoms with van der Waals surface area (Å²) in [7, 11) is 0. The van der Waals surface area contributed by atoms with Gasteiger partial charge < -0.3 is 0 Å².